The van der Waals surface area contributed by atoms with Crippen molar-refractivity contribution in [2.24, 2.45) is 0 Å². The molecule has 1 unspecified atom stereocenters. The lowest BCUT2D eigenvalue weighted by Gasteiger charge is -2.19. The Morgan fingerprint density at radius 3 is 2.10 bits per heavy atom. The van der Waals surface area contributed by atoms with Crippen LogP contribution in [0.4, 0.5) is 0 Å². The molecule has 1 atom stereocenters. The molecule has 1 heterocycles. The van der Waals surface area contributed by atoms with E-state index in [1.54, 1.807) is 0 Å². The summed E-state index contributed by atoms with van der Waals surface area (Å²) < 4.78 is 0. The van der Waals surface area contributed by atoms with Gasteiger partial charge in [-0.15, -0.1) is 0 Å². The van der Waals surface area contributed by atoms with Gasteiger partial charge in [-0.2, -0.15) is 0 Å². The Labute approximate surface area is 121 Å². The van der Waals surface area contributed by atoms with Crippen molar-refractivity contribution in [3.8, 4) is 0 Å². The van der Waals surface area contributed by atoms with Gasteiger partial charge >= 0.3 is 0 Å². The van der Waals surface area contributed by atoms with Crippen LogP contribution in [0.1, 0.15) is 47.5 Å². The predicted molar refractivity (Wildman–Crippen MR) is 82.8 cm³/mol. The molecule has 3 nitrogen and oxygen atoms in total. The molecule has 2 aromatic rings. The third-order valence-electron chi connectivity index (χ3n) is 3.23. The van der Waals surface area contributed by atoms with Gasteiger partial charge in [-0.25, -0.2) is 9.97 Å². The molecule has 1 N–H and O–H groups in total. The molecule has 0 saturated heterocycles. The third kappa shape index (κ3) is 3.64. The fraction of sp³-hybridized carbons (Fsp3) is 0.412. The van der Waals surface area contributed by atoms with Crippen LogP contribution in [-0.4, -0.2) is 16.5 Å². The number of nitrogens with one attached hydrogen (secondary N) is 1. The Morgan fingerprint density at radius 2 is 1.55 bits per heavy atom. The standard InChI is InChI=1S/C17H23N3/c1-5-6-18-16(17-19-10-14(4)11-20-17)15-8-12(2)7-13(3)9-15/h7-11,16,18H,5-6H2,1-4H3. The van der Waals surface area contributed by atoms with Crippen LogP contribution < -0.4 is 5.32 Å². The topological polar surface area (TPSA) is 37.8 Å². The zero-order valence-corrected chi connectivity index (χ0v) is 12.8. The van der Waals surface area contributed by atoms with Gasteiger partial charge in [0.05, 0.1) is 6.04 Å². The molecule has 2 rings (SSSR count). The SMILES string of the molecule is CCCNC(c1cc(C)cc(C)c1)c1ncc(C)cn1. The Hall–Kier alpha value is -1.74. The summed E-state index contributed by atoms with van der Waals surface area (Å²) in [6.45, 7) is 9.39. The molecule has 0 amide bonds. The molecule has 1 aromatic heterocycles. The summed E-state index contributed by atoms with van der Waals surface area (Å²) in [6, 6.07) is 6.68. The predicted octanol–water partition coefficient (Wildman–Crippen LogP) is 3.49. The maximum absolute atomic E-state index is 4.49. The van der Waals surface area contributed by atoms with Crippen molar-refractivity contribution < 1.29 is 0 Å². The average molecular weight is 269 g/mol. The molecule has 0 aliphatic rings. The van der Waals surface area contributed by atoms with E-state index in [0.29, 0.717) is 0 Å². The minimum Gasteiger partial charge on any atom is -0.304 e. The van der Waals surface area contributed by atoms with Crippen LogP contribution in [0.15, 0.2) is 30.6 Å². The zero-order valence-electron chi connectivity index (χ0n) is 12.8. The highest BCUT2D eigenvalue weighted by Crippen LogP contribution is 2.21. The van der Waals surface area contributed by atoms with Crippen molar-refractivity contribution in [1.29, 1.82) is 0 Å². The zero-order chi connectivity index (χ0) is 14.5. The number of hydrogen-bond donors (Lipinski definition) is 1. The molecule has 1 aromatic carbocycles. The van der Waals surface area contributed by atoms with Crippen LogP contribution in [0.3, 0.4) is 0 Å². The van der Waals surface area contributed by atoms with Crippen LogP contribution in [0.2, 0.25) is 0 Å². The molecule has 106 valence electrons. The van der Waals surface area contributed by atoms with Crippen molar-refractivity contribution in [2.75, 3.05) is 6.54 Å². The number of rotatable bonds is 5. The highest BCUT2D eigenvalue weighted by atomic mass is 15.0. The second-order valence-electron chi connectivity index (χ2n) is 5.43. The maximum Gasteiger partial charge on any atom is 0.149 e. The summed E-state index contributed by atoms with van der Waals surface area (Å²) >= 11 is 0. The van der Waals surface area contributed by atoms with Gasteiger partial charge in [0, 0.05) is 12.4 Å². The van der Waals surface area contributed by atoms with E-state index in [2.05, 4.69) is 54.3 Å². The maximum atomic E-state index is 4.49. The summed E-state index contributed by atoms with van der Waals surface area (Å²) in [5.41, 5.74) is 4.87. The molecular weight excluding hydrogens is 246 g/mol. The van der Waals surface area contributed by atoms with E-state index in [4.69, 9.17) is 0 Å². The first kappa shape index (κ1) is 14.7. The van der Waals surface area contributed by atoms with Crippen LogP contribution in [0.5, 0.6) is 0 Å². The van der Waals surface area contributed by atoms with E-state index >= 15 is 0 Å². The average Bonchev–Trinajstić information content (AvgIpc) is 2.40. The lowest BCUT2D eigenvalue weighted by atomic mass is 10.0. The van der Waals surface area contributed by atoms with E-state index < -0.39 is 0 Å². The molecule has 20 heavy (non-hydrogen) atoms. The first-order valence-corrected chi connectivity index (χ1v) is 7.20. The van der Waals surface area contributed by atoms with Crippen molar-refractivity contribution in [3.63, 3.8) is 0 Å². The molecule has 0 aliphatic carbocycles. The number of aryl methyl sites for hydroxylation is 3. The number of benzene rings is 1. The van der Waals surface area contributed by atoms with Gasteiger partial charge in [-0.1, -0.05) is 36.2 Å². The monoisotopic (exact) mass is 269 g/mol. The minimum atomic E-state index is 0.0640. The van der Waals surface area contributed by atoms with Crippen molar-refractivity contribution in [2.45, 2.75) is 40.2 Å². The fourth-order valence-corrected chi connectivity index (χ4v) is 2.38. The first-order chi connectivity index (χ1) is 9.60. The first-order valence-electron chi connectivity index (χ1n) is 7.20. The van der Waals surface area contributed by atoms with Crippen LogP contribution in [0.25, 0.3) is 0 Å². The lowest BCUT2D eigenvalue weighted by Crippen LogP contribution is -2.25. The van der Waals surface area contributed by atoms with Gasteiger partial charge < -0.3 is 5.32 Å². The van der Waals surface area contributed by atoms with Crippen LogP contribution >= 0.6 is 0 Å². The molecule has 0 bridgehead atoms. The molecule has 0 fully saturated rings. The summed E-state index contributed by atoms with van der Waals surface area (Å²) in [6.07, 6.45) is 4.85. The molecular formula is C17H23N3. The van der Waals surface area contributed by atoms with Crippen LogP contribution in [0, 0.1) is 20.8 Å². The van der Waals surface area contributed by atoms with E-state index in [1.165, 1.54) is 16.7 Å². The van der Waals surface area contributed by atoms with E-state index in [-0.39, 0.29) is 6.04 Å². The highest BCUT2D eigenvalue weighted by Gasteiger charge is 2.16. The van der Waals surface area contributed by atoms with Gasteiger partial charge in [-0.3, -0.25) is 0 Å². The summed E-state index contributed by atoms with van der Waals surface area (Å²) in [4.78, 5) is 8.99. The summed E-state index contributed by atoms with van der Waals surface area (Å²) in [7, 11) is 0. The number of hydrogen-bond acceptors (Lipinski definition) is 3. The Morgan fingerprint density at radius 1 is 0.950 bits per heavy atom. The Bertz CT molecular complexity index is 541. The fourth-order valence-electron chi connectivity index (χ4n) is 2.38. The smallest absolute Gasteiger partial charge is 0.149 e. The van der Waals surface area contributed by atoms with Gasteiger partial charge in [0.15, 0.2) is 0 Å². The van der Waals surface area contributed by atoms with Gasteiger partial charge in [0.2, 0.25) is 0 Å². The van der Waals surface area contributed by atoms with Gasteiger partial charge in [0.25, 0.3) is 0 Å². The quantitative estimate of drug-likeness (QED) is 0.903. The molecule has 0 radical (unpaired) electrons. The second-order valence-corrected chi connectivity index (χ2v) is 5.43. The molecule has 0 saturated carbocycles. The number of nitrogens with zero attached hydrogens (tertiary/aromatic N) is 2. The van der Waals surface area contributed by atoms with E-state index in [9.17, 15) is 0 Å². The molecule has 0 spiro atoms. The third-order valence-corrected chi connectivity index (χ3v) is 3.23. The van der Waals surface area contributed by atoms with E-state index in [1.807, 2.05) is 19.3 Å². The Kier molecular flexibility index (Phi) is 4.85. The minimum absolute atomic E-state index is 0.0640. The molecule has 3 heteroatoms. The highest BCUT2D eigenvalue weighted by molar-refractivity contribution is 5.33. The normalized spacial score (nSPS) is 12.4. The van der Waals surface area contributed by atoms with Crippen molar-refractivity contribution >= 4 is 0 Å². The molecule has 0 aliphatic heterocycles. The van der Waals surface area contributed by atoms with Crippen LogP contribution in [-0.2, 0) is 0 Å². The Balaban J connectivity index is 2.38. The van der Waals surface area contributed by atoms with Gasteiger partial charge in [0.1, 0.15) is 5.82 Å². The largest absolute Gasteiger partial charge is 0.304 e. The van der Waals surface area contributed by atoms with Crippen molar-refractivity contribution in [3.05, 3.63) is 58.7 Å². The van der Waals surface area contributed by atoms with Gasteiger partial charge in [-0.05, 0) is 44.9 Å². The summed E-state index contributed by atoms with van der Waals surface area (Å²) in [5, 5.41) is 3.55. The summed E-state index contributed by atoms with van der Waals surface area (Å²) in [5.74, 6) is 0.842. The van der Waals surface area contributed by atoms with Crippen molar-refractivity contribution in [1.82, 2.24) is 15.3 Å². The lowest BCUT2D eigenvalue weighted by molar-refractivity contribution is 0.570. The van der Waals surface area contributed by atoms with E-state index in [0.717, 1.165) is 24.4 Å². The second kappa shape index (κ2) is 6.62. The number of aromatic nitrogens is 2.